The molecule has 1 amide bonds. The highest BCUT2D eigenvalue weighted by atomic mass is 16.1. The number of rotatable bonds is 6. The second kappa shape index (κ2) is 5.82. The van der Waals surface area contributed by atoms with Crippen LogP contribution in [0.5, 0.6) is 0 Å². The van der Waals surface area contributed by atoms with Gasteiger partial charge in [0.05, 0.1) is 0 Å². The lowest BCUT2D eigenvalue weighted by molar-refractivity contribution is 0.0928. The van der Waals surface area contributed by atoms with Crippen LogP contribution >= 0.6 is 0 Å². The molecule has 0 aliphatic heterocycles. The molecular weight excluding hydrogens is 216 g/mol. The van der Waals surface area contributed by atoms with E-state index in [4.69, 9.17) is 5.73 Å². The van der Waals surface area contributed by atoms with Crippen LogP contribution in [-0.2, 0) is 7.05 Å². The molecule has 0 fully saturated rings. The number of aryl methyl sites for hydroxylation is 1. The van der Waals surface area contributed by atoms with Crippen molar-refractivity contribution in [2.45, 2.75) is 26.7 Å². The second-order valence-electron chi connectivity index (χ2n) is 5.11. The van der Waals surface area contributed by atoms with Gasteiger partial charge in [0.1, 0.15) is 5.69 Å². The Morgan fingerprint density at radius 1 is 1.59 bits per heavy atom. The number of amides is 1. The number of carbonyl (C=O) groups is 1. The fourth-order valence-corrected chi connectivity index (χ4v) is 1.62. The molecule has 0 aromatic carbocycles. The quantitative estimate of drug-likeness (QED) is 0.774. The van der Waals surface area contributed by atoms with E-state index in [0.717, 1.165) is 12.8 Å². The lowest BCUT2D eigenvalue weighted by Gasteiger charge is -2.24. The number of nitrogens with zero attached hydrogens (tertiary/aromatic N) is 2. The van der Waals surface area contributed by atoms with Gasteiger partial charge in [0.25, 0.3) is 5.91 Å². The monoisotopic (exact) mass is 238 g/mol. The Balaban J connectivity index is 2.42. The summed E-state index contributed by atoms with van der Waals surface area (Å²) in [5, 5.41) is 6.96. The molecule has 0 aliphatic rings. The topological polar surface area (TPSA) is 72.9 Å². The first-order valence-electron chi connectivity index (χ1n) is 5.92. The molecule has 0 radical (unpaired) electrons. The SMILES string of the molecule is Cn1ccc(C(=O)NCC(C)(C)CCCN)n1. The fourth-order valence-electron chi connectivity index (χ4n) is 1.62. The molecule has 0 spiro atoms. The van der Waals surface area contributed by atoms with Crippen LogP contribution in [0.15, 0.2) is 12.3 Å². The van der Waals surface area contributed by atoms with Crippen LogP contribution < -0.4 is 11.1 Å². The Hall–Kier alpha value is -1.36. The minimum Gasteiger partial charge on any atom is -0.350 e. The average Bonchev–Trinajstić information content (AvgIpc) is 2.70. The zero-order chi connectivity index (χ0) is 12.9. The van der Waals surface area contributed by atoms with Crippen molar-refractivity contribution >= 4 is 5.91 Å². The highest BCUT2D eigenvalue weighted by molar-refractivity contribution is 5.92. The van der Waals surface area contributed by atoms with Gasteiger partial charge in [0, 0.05) is 19.8 Å². The first-order chi connectivity index (χ1) is 7.94. The van der Waals surface area contributed by atoms with Crippen LogP contribution in [0.1, 0.15) is 37.2 Å². The van der Waals surface area contributed by atoms with E-state index >= 15 is 0 Å². The number of hydrogen-bond acceptors (Lipinski definition) is 3. The zero-order valence-corrected chi connectivity index (χ0v) is 10.9. The molecular formula is C12H22N4O. The molecule has 0 saturated heterocycles. The molecule has 96 valence electrons. The summed E-state index contributed by atoms with van der Waals surface area (Å²) in [7, 11) is 1.79. The molecule has 5 heteroatoms. The molecule has 1 rings (SSSR count). The predicted molar refractivity (Wildman–Crippen MR) is 67.6 cm³/mol. The third kappa shape index (κ3) is 4.56. The van der Waals surface area contributed by atoms with Crippen LogP contribution in [0.3, 0.4) is 0 Å². The highest BCUT2D eigenvalue weighted by Gasteiger charge is 2.19. The molecule has 0 unspecified atom stereocenters. The van der Waals surface area contributed by atoms with Crippen LogP contribution in [0.2, 0.25) is 0 Å². The molecule has 17 heavy (non-hydrogen) atoms. The summed E-state index contributed by atoms with van der Waals surface area (Å²) in [5.74, 6) is -0.119. The van der Waals surface area contributed by atoms with Gasteiger partial charge < -0.3 is 11.1 Å². The van der Waals surface area contributed by atoms with Gasteiger partial charge in [-0.05, 0) is 30.9 Å². The molecule has 5 nitrogen and oxygen atoms in total. The maximum Gasteiger partial charge on any atom is 0.271 e. The van der Waals surface area contributed by atoms with E-state index in [1.54, 1.807) is 24.0 Å². The summed E-state index contributed by atoms with van der Waals surface area (Å²) in [6.07, 6.45) is 3.74. The minimum absolute atomic E-state index is 0.0732. The summed E-state index contributed by atoms with van der Waals surface area (Å²) in [4.78, 5) is 11.8. The van der Waals surface area contributed by atoms with Crippen molar-refractivity contribution in [3.8, 4) is 0 Å². The maximum atomic E-state index is 11.8. The number of nitrogens with two attached hydrogens (primary N) is 1. The summed E-state index contributed by atoms with van der Waals surface area (Å²) in [5.41, 5.74) is 6.02. The molecule has 0 saturated carbocycles. The second-order valence-corrected chi connectivity index (χ2v) is 5.11. The van der Waals surface area contributed by atoms with Gasteiger partial charge in [-0.3, -0.25) is 9.48 Å². The van der Waals surface area contributed by atoms with E-state index < -0.39 is 0 Å². The lowest BCUT2D eigenvalue weighted by atomic mass is 9.88. The Morgan fingerprint density at radius 3 is 2.82 bits per heavy atom. The van der Waals surface area contributed by atoms with Gasteiger partial charge in [-0.15, -0.1) is 0 Å². The van der Waals surface area contributed by atoms with Crippen molar-refractivity contribution in [3.05, 3.63) is 18.0 Å². The van der Waals surface area contributed by atoms with Crippen molar-refractivity contribution in [1.29, 1.82) is 0 Å². The van der Waals surface area contributed by atoms with Crippen molar-refractivity contribution < 1.29 is 4.79 Å². The first kappa shape index (κ1) is 13.7. The van der Waals surface area contributed by atoms with Gasteiger partial charge in [-0.2, -0.15) is 5.10 Å². The summed E-state index contributed by atoms with van der Waals surface area (Å²) < 4.78 is 1.62. The van der Waals surface area contributed by atoms with E-state index in [1.807, 2.05) is 0 Å². The van der Waals surface area contributed by atoms with E-state index in [1.165, 1.54) is 0 Å². The number of aromatic nitrogens is 2. The molecule has 1 aromatic heterocycles. The molecule has 0 atom stereocenters. The lowest BCUT2D eigenvalue weighted by Crippen LogP contribution is -2.34. The maximum absolute atomic E-state index is 11.8. The van der Waals surface area contributed by atoms with Crippen molar-refractivity contribution in [3.63, 3.8) is 0 Å². The zero-order valence-electron chi connectivity index (χ0n) is 10.9. The Labute approximate surface area is 102 Å². The molecule has 1 heterocycles. The van der Waals surface area contributed by atoms with Crippen LogP contribution in [-0.4, -0.2) is 28.8 Å². The Morgan fingerprint density at radius 2 is 2.29 bits per heavy atom. The summed E-state index contributed by atoms with van der Waals surface area (Å²) >= 11 is 0. The molecule has 1 aromatic rings. The Kier molecular flexibility index (Phi) is 4.69. The number of hydrogen-bond donors (Lipinski definition) is 2. The van der Waals surface area contributed by atoms with Crippen LogP contribution in [0.25, 0.3) is 0 Å². The van der Waals surface area contributed by atoms with E-state index in [-0.39, 0.29) is 11.3 Å². The van der Waals surface area contributed by atoms with Crippen LogP contribution in [0, 0.1) is 5.41 Å². The van der Waals surface area contributed by atoms with E-state index in [2.05, 4.69) is 24.3 Å². The first-order valence-corrected chi connectivity index (χ1v) is 5.92. The largest absolute Gasteiger partial charge is 0.350 e. The van der Waals surface area contributed by atoms with Crippen molar-refractivity contribution in [2.75, 3.05) is 13.1 Å². The molecule has 0 aliphatic carbocycles. The van der Waals surface area contributed by atoms with Gasteiger partial charge in [0.2, 0.25) is 0 Å². The predicted octanol–water partition coefficient (Wildman–Crippen LogP) is 0.915. The van der Waals surface area contributed by atoms with Gasteiger partial charge in [-0.1, -0.05) is 13.8 Å². The normalized spacial score (nSPS) is 11.5. The third-order valence-corrected chi connectivity index (χ3v) is 2.73. The van der Waals surface area contributed by atoms with Gasteiger partial charge >= 0.3 is 0 Å². The van der Waals surface area contributed by atoms with E-state index in [0.29, 0.717) is 18.8 Å². The standard InChI is InChI=1S/C12H22N4O/c1-12(2,6-4-7-13)9-14-11(17)10-5-8-16(3)15-10/h5,8H,4,6-7,9,13H2,1-3H3,(H,14,17). The van der Waals surface area contributed by atoms with Gasteiger partial charge in [0.15, 0.2) is 0 Å². The summed E-state index contributed by atoms with van der Waals surface area (Å²) in [6, 6.07) is 1.71. The van der Waals surface area contributed by atoms with Gasteiger partial charge in [-0.25, -0.2) is 0 Å². The fraction of sp³-hybridized carbons (Fsp3) is 0.667. The van der Waals surface area contributed by atoms with Crippen molar-refractivity contribution in [2.24, 2.45) is 18.2 Å². The molecule has 3 N–H and O–H groups in total. The average molecular weight is 238 g/mol. The number of carbonyl (C=O) groups excluding carboxylic acids is 1. The Bertz CT molecular complexity index is 370. The number of nitrogens with one attached hydrogen (secondary N) is 1. The highest BCUT2D eigenvalue weighted by Crippen LogP contribution is 2.20. The minimum atomic E-state index is -0.119. The third-order valence-electron chi connectivity index (χ3n) is 2.73. The molecule has 0 bridgehead atoms. The van der Waals surface area contributed by atoms with E-state index in [9.17, 15) is 4.79 Å². The summed E-state index contributed by atoms with van der Waals surface area (Å²) in [6.45, 7) is 5.59. The van der Waals surface area contributed by atoms with Crippen LogP contribution in [0.4, 0.5) is 0 Å². The smallest absolute Gasteiger partial charge is 0.271 e. The van der Waals surface area contributed by atoms with Crippen molar-refractivity contribution in [1.82, 2.24) is 15.1 Å².